The smallest absolute Gasteiger partial charge is 0.381 e. The zero-order chi connectivity index (χ0) is 16.3. The number of carboxylic acid groups (broad SMARTS) is 1. The van der Waals surface area contributed by atoms with Crippen LogP contribution in [0.4, 0.5) is 0 Å². The number of carbonyl (C=O) groups is 1. The van der Waals surface area contributed by atoms with Gasteiger partial charge in [-0.05, 0) is 38.3 Å². The van der Waals surface area contributed by atoms with Crippen LogP contribution in [0.3, 0.4) is 0 Å². The number of hydrogen-bond donors (Lipinski definition) is 1. The van der Waals surface area contributed by atoms with Crippen LogP contribution in [0.2, 0.25) is 0 Å². The van der Waals surface area contributed by atoms with E-state index in [1.807, 2.05) is 13.0 Å². The van der Waals surface area contributed by atoms with Crippen LogP contribution >= 0.6 is 0 Å². The van der Waals surface area contributed by atoms with Crippen molar-refractivity contribution in [3.05, 3.63) is 29.3 Å². The molecule has 1 aromatic carbocycles. The zero-order valence-corrected chi connectivity index (χ0v) is 13.5. The molecule has 0 spiro atoms. The van der Waals surface area contributed by atoms with E-state index >= 15 is 0 Å². The van der Waals surface area contributed by atoms with E-state index < -0.39 is 16.0 Å². The number of carboxylic acids is 1. The van der Waals surface area contributed by atoms with Crippen LogP contribution in [0, 0.1) is 31.6 Å². The second kappa shape index (κ2) is 6.51. The highest BCUT2D eigenvalue weighted by Crippen LogP contribution is 2.25. The minimum absolute atomic E-state index is 0.231. The maximum Gasteiger partial charge on any atom is 0.381 e. The van der Waals surface area contributed by atoms with Gasteiger partial charge in [0.05, 0.1) is 4.90 Å². The fraction of sp³-hybridized carbons (Fsp3) is 0.438. The van der Waals surface area contributed by atoms with Crippen molar-refractivity contribution < 1.29 is 18.3 Å². The first-order chi connectivity index (χ1) is 10.3. The molecule has 0 aliphatic carbocycles. The average molecular weight is 321 g/mol. The van der Waals surface area contributed by atoms with Crippen LogP contribution in [0.1, 0.15) is 24.0 Å². The van der Waals surface area contributed by atoms with Gasteiger partial charge in [0.15, 0.2) is 0 Å². The number of aliphatic carboxylic acids is 1. The standard InChI is InChI=1S/C16H19NO4S/c1-12-5-7-15(13(2)10-12)22(20,21)17-9-3-4-14(11-17)6-8-16(18)19/h5,7,10,14H,3-4,9,11H2,1-2H3,(H,18,19). The third-order valence-electron chi connectivity index (χ3n) is 3.72. The van der Waals surface area contributed by atoms with Gasteiger partial charge in [-0.3, -0.25) is 0 Å². The molecule has 0 amide bonds. The van der Waals surface area contributed by atoms with E-state index in [4.69, 9.17) is 5.11 Å². The molecule has 1 aliphatic rings. The Kier molecular flexibility index (Phi) is 4.89. The molecule has 118 valence electrons. The van der Waals surface area contributed by atoms with Crippen molar-refractivity contribution in [2.24, 2.45) is 5.92 Å². The molecule has 1 atom stereocenters. The second-order valence-corrected chi connectivity index (χ2v) is 7.45. The van der Waals surface area contributed by atoms with Gasteiger partial charge in [0.1, 0.15) is 0 Å². The van der Waals surface area contributed by atoms with Gasteiger partial charge in [-0.1, -0.05) is 23.6 Å². The van der Waals surface area contributed by atoms with E-state index in [-0.39, 0.29) is 12.5 Å². The van der Waals surface area contributed by atoms with Crippen molar-refractivity contribution in [1.82, 2.24) is 4.31 Å². The number of hydrogen-bond acceptors (Lipinski definition) is 3. The fourth-order valence-electron chi connectivity index (χ4n) is 2.67. The van der Waals surface area contributed by atoms with E-state index in [9.17, 15) is 13.2 Å². The predicted molar refractivity (Wildman–Crippen MR) is 82.8 cm³/mol. The summed E-state index contributed by atoms with van der Waals surface area (Å²) >= 11 is 0. The second-order valence-electron chi connectivity index (χ2n) is 5.55. The van der Waals surface area contributed by atoms with E-state index in [1.54, 1.807) is 19.1 Å². The largest absolute Gasteiger partial charge is 0.472 e. The van der Waals surface area contributed by atoms with Gasteiger partial charge in [-0.25, -0.2) is 13.2 Å². The Balaban J connectivity index is 2.26. The fourth-order valence-corrected chi connectivity index (χ4v) is 4.40. The first kappa shape index (κ1) is 16.5. The maximum atomic E-state index is 12.8. The molecule has 5 nitrogen and oxygen atoms in total. The van der Waals surface area contributed by atoms with Crippen molar-refractivity contribution in [2.45, 2.75) is 31.6 Å². The molecule has 2 rings (SSSR count). The summed E-state index contributed by atoms with van der Waals surface area (Å²) in [6.45, 7) is 4.39. The normalized spacial score (nSPS) is 19.3. The number of benzene rings is 1. The summed E-state index contributed by atoms with van der Waals surface area (Å²) in [6.07, 6.45) is 1.41. The Bertz CT molecular complexity index is 743. The van der Waals surface area contributed by atoms with Crippen molar-refractivity contribution in [2.75, 3.05) is 13.1 Å². The number of sulfonamides is 1. The molecule has 6 heteroatoms. The molecule has 1 saturated heterocycles. The van der Waals surface area contributed by atoms with E-state index in [2.05, 4.69) is 11.8 Å². The summed E-state index contributed by atoms with van der Waals surface area (Å²) in [7, 11) is -3.56. The summed E-state index contributed by atoms with van der Waals surface area (Å²) in [5.74, 6) is 3.32. The van der Waals surface area contributed by atoms with Crippen LogP contribution in [0.25, 0.3) is 0 Å². The third kappa shape index (κ3) is 3.67. The van der Waals surface area contributed by atoms with Gasteiger partial charge in [0.25, 0.3) is 0 Å². The van der Waals surface area contributed by atoms with Gasteiger partial charge in [-0.2, -0.15) is 4.31 Å². The monoisotopic (exact) mass is 321 g/mol. The molecule has 0 aromatic heterocycles. The molecule has 0 bridgehead atoms. The molecule has 0 saturated carbocycles. The third-order valence-corrected chi connectivity index (χ3v) is 5.74. The van der Waals surface area contributed by atoms with Crippen LogP contribution in [-0.4, -0.2) is 36.9 Å². The van der Waals surface area contributed by atoms with Crippen molar-refractivity contribution in [1.29, 1.82) is 0 Å². The lowest BCUT2D eigenvalue weighted by Gasteiger charge is -2.30. The summed E-state index contributed by atoms with van der Waals surface area (Å²) in [5, 5.41) is 8.60. The van der Waals surface area contributed by atoms with Crippen molar-refractivity contribution >= 4 is 16.0 Å². The Morgan fingerprint density at radius 3 is 2.73 bits per heavy atom. The number of piperidine rings is 1. The molecular formula is C16H19NO4S. The predicted octanol–water partition coefficient (Wildman–Crippen LogP) is 1.79. The van der Waals surface area contributed by atoms with E-state index in [0.717, 1.165) is 17.5 Å². The maximum absolute atomic E-state index is 12.8. The van der Waals surface area contributed by atoms with Gasteiger partial charge < -0.3 is 5.11 Å². The number of aryl methyl sites for hydroxylation is 2. The van der Waals surface area contributed by atoms with E-state index in [0.29, 0.717) is 17.9 Å². The van der Waals surface area contributed by atoms with Crippen molar-refractivity contribution in [3.8, 4) is 11.8 Å². The van der Waals surface area contributed by atoms with Crippen LogP contribution < -0.4 is 0 Å². The highest BCUT2D eigenvalue weighted by Gasteiger charge is 2.30. The molecule has 1 aliphatic heterocycles. The molecule has 1 heterocycles. The van der Waals surface area contributed by atoms with Gasteiger partial charge in [0, 0.05) is 24.9 Å². The Morgan fingerprint density at radius 2 is 2.09 bits per heavy atom. The van der Waals surface area contributed by atoms with Crippen LogP contribution in [0.15, 0.2) is 23.1 Å². The Morgan fingerprint density at radius 1 is 1.36 bits per heavy atom. The lowest BCUT2D eigenvalue weighted by atomic mass is 10.0. The minimum Gasteiger partial charge on any atom is -0.472 e. The number of rotatable bonds is 2. The molecule has 22 heavy (non-hydrogen) atoms. The first-order valence-corrected chi connectivity index (χ1v) is 8.56. The average Bonchev–Trinajstić information content (AvgIpc) is 2.45. The summed E-state index contributed by atoms with van der Waals surface area (Å²) in [4.78, 5) is 10.8. The lowest BCUT2D eigenvalue weighted by Crippen LogP contribution is -2.39. The van der Waals surface area contributed by atoms with E-state index in [1.165, 1.54) is 4.31 Å². The summed E-state index contributed by atoms with van der Waals surface area (Å²) in [6, 6.07) is 5.26. The van der Waals surface area contributed by atoms with Gasteiger partial charge in [0.2, 0.25) is 10.0 Å². The molecule has 1 fully saturated rings. The Labute approximate surface area is 131 Å². The van der Waals surface area contributed by atoms with Gasteiger partial charge >= 0.3 is 5.97 Å². The van der Waals surface area contributed by atoms with Gasteiger partial charge in [-0.15, -0.1) is 0 Å². The highest BCUT2D eigenvalue weighted by molar-refractivity contribution is 7.89. The SMILES string of the molecule is Cc1ccc(S(=O)(=O)N2CCCC(C#CC(=O)O)C2)c(C)c1. The lowest BCUT2D eigenvalue weighted by molar-refractivity contribution is -0.130. The minimum atomic E-state index is -3.56. The zero-order valence-electron chi connectivity index (χ0n) is 12.7. The quantitative estimate of drug-likeness (QED) is 0.843. The first-order valence-electron chi connectivity index (χ1n) is 7.12. The highest BCUT2D eigenvalue weighted by atomic mass is 32.2. The van der Waals surface area contributed by atoms with Crippen LogP contribution in [-0.2, 0) is 14.8 Å². The molecule has 0 radical (unpaired) electrons. The Hall–Kier alpha value is -1.84. The molecule has 1 aromatic rings. The molecule has 1 N–H and O–H groups in total. The number of nitrogens with zero attached hydrogens (tertiary/aromatic N) is 1. The van der Waals surface area contributed by atoms with Crippen molar-refractivity contribution in [3.63, 3.8) is 0 Å². The summed E-state index contributed by atoms with van der Waals surface area (Å²) in [5.41, 5.74) is 1.74. The topological polar surface area (TPSA) is 74.7 Å². The van der Waals surface area contributed by atoms with Crippen LogP contribution in [0.5, 0.6) is 0 Å². The summed E-state index contributed by atoms with van der Waals surface area (Å²) < 4.78 is 26.9. The molecular weight excluding hydrogens is 302 g/mol. The molecule has 1 unspecified atom stereocenters.